The van der Waals surface area contributed by atoms with Crippen molar-refractivity contribution in [2.45, 2.75) is 13.0 Å². The molecule has 2 aromatic rings. The molecule has 78 valence electrons. The van der Waals surface area contributed by atoms with E-state index in [2.05, 4.69) is 9.97 Å². The number of nitrogens with two attached hydrogens (primary N) is 1. The number of hydrogen-bond donors (Lipinski definition) is 3. The summed E-state index contributed by atoms with van der Waals surface area (Å²) in [5, 5.41) is 8.73. The van der Waals surface area contributed by atoms with Crippen molar-refractivity contribution in [3.8, 4) is 0 Å². The molecule has 2 rings (SSSR count). The SMILES string of the molecule is NCc1nc2c(CC(=O)O)cccc2[nH]1. The molecule has 0 saturated heterocycles. The van der Waals surface area contributed by atoms with Gasteiger partial charge in [0, 0.05) is 0 Å². The predicted octanol–water partition coefficient (Wildman–Crippen LogP) is 0.649. The maximum atomic E-state index is 10.6. The van der Waals surface area contributed by atoms with E-state index < -0.39 is 5.97 Å². The van der Waals surface area contributed by atoms with Crippen LogP contribution in [0.2, 0.25) is 0 Å². The van der Waals surface area contributed by atoms with Crippen molar-refractivity contribution in [1.29, 1.82) is 0 Å². The second kappa shape index (κ2) is 3.70. The zero-order chi connectivity index (χ0) is 10.8. The van der Waals surface area contributed by atoms with Crippen molar-refractivity contribution < 1.29 is 9.90 Å². The molecule has 0 saturated carbocycles. The number of para-hydroxylation sites is 1. The third-order valence-electron chi connectivity index (χ3n) is 2.18. The summed E-state index contributed by atoms with van der Waals surface area (Å²) in [7, 11) is 0. The minimum Gasteiger partial charge on any atom is -0.481 e. The van der Waals surface area contributed by atoms with Crippen LogP contribution in [0, 0.1) is 0 Å². The molecule has 1 heterocycles. The van der Waals surface area contributed by atoms with Gasteiger partial charge >= 0.3 is 5.97 Å². The summed E-state index contributed by atoms with van der Waals surface area (Å²) in [5.74, 6) is -0.192. The van der Waals surface area contributed by atoms with Crippen LogP contribution in [-0.2, 0) is 17.8 Å². The molecule has 4 N–H and O–H groups in total. The maximum absolute atomic E-state index is 10.6. The van der Waals surface area contributed by atoms with Crippen molar-refractivity contribution in [1.82, 2.24) is 9.97 Å². The normalized spacial score (nSPS) is 10.7. The predicted molar refractivity (Wildman–Crippen MR) is 55.3 cm³/mol. The van der Waals surface area contributed by atoms with E-state index in [1.807, 2.05) is 6.07 Å². The Bertz CT molecular complexity index is 504. The number of H-pyrrole nitrogens is 1. The first kappa shape index (κ1) is 9.67. The smallest absolute Gasteiger partial charge is 0.307 e. The molecular weight excluding hydrogens is 194 g/mol. The molecule has 0 atom stereocenters. The monoisotopic (exact) mass is 205 g/mol. The largest absolute Gasteiger partial charge is 0.481 e. The number of nitrogens with one attached hydrogen (secondary N) is 1. The number of carbonyl (C=O) groups is 1. The van der Waals surface area contributed by atoms with E-state index in [1.165, 1.54) is 0 Å². The van der Waals surface area contributed by atoms with Crippen LogP contribution in [-0.4, -0.2) is 21.0 Å². The number of carboxylic acids is 1. The first-order valence-electron chi connectivity index (χ1n) is 4.59. The molecule has 5 nitrogen and oxygen atoms in total. The summed E-state index contributed by atoms with van der Waals surface area (Å²) >= 11 is 0. The number of rotatable bonds is 3. The minimum absolute atomic E-state index is 0.0216. The van der Waals surface area contributed by atoms with Gasteiger partial charge in [-0.3, -0.25) is 4.79 Å². The summed E-state index contributed by atoms with van der Waals surface area (Å²) in [6.07, 6.45) is -0.0216. The van der Waals surface area contributed by atoms with Gasteiger partial charge in [0.05, 0.1) is 24.0 Å². The molecule has 0 spiro atoms. The highest BCUT2D eigenvalue weighted by atomic mass is 16.4. The van der Waals surface area contributed by atoms with E-state index in [-0.39, 0.29) is 6.42 Å². The molecule has 0 unspecified atom stereocenters. The van der Waals surface area contributed by atoms with Crippen LogP contribution in [0.5, 0.6) is 0 Å². The fraction of sp³-hybridized carbons (Fsp3) is 0.200. The highest BCUT2D eigenvalue weighted by Crippen LogP contribution is 2.16. The Morgan fingerprint density at radius 2 is 2.33 bits per heavy atom. The second-order valence-corrected chi connectivity index (χ2v) is 3.27. The lowest BCUT2D eigenvalue weighted by molar-refractivity contribution is -0.136. The number of hydrogen-bond acceptors (Lipinski definition) is 3. The zero-order valence-electron chi connectivity index (χ0n) is 8.03. The van der Waals surface area contributed by atoms with Crippen LogP contribution in [0.3, 0.4) is 0 Å². The Balaban J connectivity index is 2.54. The topological polar surface area (TPSA) is 92.0 Å². The first-order chi connectivity index (χ1) is 7.20. The van der Waals surface area contributed by atoms with Gasteiger partial charge in [-0.1, -0.05) is 12.1 Å². The molecule has 1 aromatic heterocycles. The zero-order valence-corrected chi connectivity index (χ0v) is 8.03. The standard InChI is InChI=1S/C10H11N3O2/c11-5-8-12-7-3-1-2-6(4-9(14)15)10(7)13-8/h1-3H,4-5,11H2,(H,12,13)(H,14,15). The van der Waals surface area contributed by atoms with Gasteiger partial charge in [0.1, 0.15) is 5.82 Å². The number of imidazole rings is 1. The quantitative estimate of drug-likeness (QED) is 0.686. The number of carboxylic acid groups (broad SMARTS) is 1. The molecule has 0 amide bonds. The molecule has 1 aromatic carbocycles. The lowest BCUT2D eigenvalue weighted by atomic mass is 10.1. The Morgan fingerprint density at radius 3 is 3.00 bits per heavy atom. The first-order valence-corrected chi connectivity index (χ1v) is 4.59. The van der Waals surface area contributed by atoms with Crippen LogP contribution in [0.25, 0.3) is 11.0 Å². The molecule has 0 aliphatic rings. The summed E-state index contributed by atoms with van der Waals surface area (Å²) < 4.78 is 0. The van der Waals surface area contributed by atoms with Gasteiger partial charge in [-0.15, -0.1) is 0 Å². The summed E-state index contributed by atoms with van der Waals surface area (Å²) in [6.45, 7) is 0.321. The number of aromatic amines is 1. The molecule has 0 aliphatic carbocycles. The summed E-state index contributed by atoms with van der Waals surface area (Å²) in [5.41, 5.74) is 7.68. The van der Waals surface area contributed by atoms with Crippen LogP contribution in [0.1, 0.15) is 11.4 Å². The van der Waals surface area contributed by atoms with Gasteiger partial charge < -0.3 is 15.8 Å². The molecule has 0 radical (unpaired) electrons. The van der Waals surface area contributed by atoms with Gasteiger partial charge in [-0.05, 0) is 11.6 Å². The van der Waals surface area contributed by atoms with Crippen molar-refractivity contribution in [3.05, 3.63) is 29.6 Å². The van der Waals surface area contributed by atoms with E-state index in [0.29, 0.717) is 23.4 Å². The number of benzene rings is 1. The summed E-state index contributed by atoms with van der Waals surface area (Å²) in [6, 6.07) is 5.42. The van der Waals surface area contributed by atoms with Crippen molar-refractivity contribution in [3.63, 3.8) is 0 Å². The highest BCUT2D eigenvalue weighted by Gasteiger charge is 2.08. The van der Waals surface area contributed by atoms with Crippen LogP contribution >= 0.6 is 0 Å². The number of aromatic nitrogens is 2. The Morgan fingerprint density at radius 1 is 1.53 bits per heavy atom. The van der Waals surface area contributed by atoms with Crippen LogP contribution < -0.4 is 5.73 Å². The molecule has 5 heteroatoms. The van der Waals surface area contributed by atoms with Gasteiger partial charge in [0.2, 0.25) is 0 Å². The second-order valence-electron chi connectivity index (χ2n) is 3.27. The number of nitrogens with zero attached hydrogens (tertiary/aromatic N) is 1. The summed E-state index contributed by atoms with van der Waals surface area (Å²) in [4.78, 5) is 17.9. The van der Waals surface area contributed by atoms with E-state index in [0.717, 1.165) is 5.52 Å². The fourth-order valence-electron chi connectivity index (χ4n) is 1.54. The van der Waals surface area contributed by atoms with Gasteiger partial charge in [0.25, 0.3) is 0 Å². The third-order valence-corrected chi connectivity index (χ3v) is 2.18. The van der Waals surface area contributed by atoms with E-state index in [1.54, 1.807) is 12.1 Å². The third kappa shape index (κ3) is 1.82. The van der Waals surface area contributed by atoms with E-state index in [4.69, 9.17) is 10.8 Å². The molecule has 0 aliphatic heterocycles. The maximum Gasteiger partial charge on any atom is 0.307 e. The molecule has 15 heavy (non-hydrogen) atoms. The lowest BCUT2D eigenvalue weighted by Gasteiger charge is -1.96. The van der Waals surface area contributed by atoms with Crippen molar-refractivity contribution >= 4 is 17.0 Å². The average molecular weight is 205 g/mol. The van der Waals surface area contributed by atoms with E-state index in [9.17, 15) is 4.79 Å². The van der Waals surface area contributed by atoms with Gasteiger partial charge in [0.15, 0.2) is 0 Å². The number of fused-ring (bicyclic) bond motifs is 1. The minimum atomic E-state index is -0.861. The number of aliphatic carboxylic acids is 1. The van der Waals surface area contributed by atoms with Crippen LogP contribution in [0.4, 0.5) is 0 Å². The Hall–Kier alpha value is -1.88. The fourth-order valence-corrected chi connectivity index (χ4v) is 1.54. The van der Waals surface area contributed by atoms with Crippen molar-refractivity contribution in [2.24, 2.45) is 5.73 Å². The molecular formula is C10H11N3O2. The van der Waals surface area contributed by atoms with Gasteiger partial charge in [-0.25, -0.2) is 4.98 Å². The Kier molecular flexibility index (Phi) is 2.39. The average Bonchev–Trinajstić information content (AvgIpc) is 2.61. The lowest BCUT2D eigenvalue weighted by Crippen LogP contribution is -2.01. The van der Waals surface area contributed by atoms with Crippen LogP contribution in [0.15, 0.2) is 18.2 Å². The van der Waals surface area contributed by atoms with Gasteiger partial charge in [-0.2, -0.15) is 0 Å². The Labute approximate surface area is 85.9 Å². The molecule has 0 fully saturated rings. The molecule has 0 bridgehead atoms. The van der Waals surface area contributed by atoms with Crippen molar-refractivity contribution in [2.75, 3.05) is 0 Å². The van der Waals surface area contributed by atoms with E-state index >= 15 is 0 Å². The highest BCUT2D eigenvalue weighted by molar-refractivity contribution is 5.83.